The van der Waals surface area contributed by atoms with Crippen LogP contribution >= 0.6 is 0 Å². The number of sulfonamides is 1. The van der Waals surface area contributed by atoms with E-state index in [2.05, 4.69) is 10.1 Å². The van der Waals surface area contributed by atoms with Crippen LogP contribution in [-0.2, 0) is 25.7 Å². The van der Waals surface area contributed by atoms with Gasteiger partial charge in [0, 0.05) is 11.1 Å². The van der Waals surface area contributed by atoms with Gasteiger partial charge in [0.25, 0.3) is 5.89 Å². The zero-order chi connectivity index (χ0) is 26.6. The normalized spacial score (nSPS) is 13.6. The maximum Gasteiger partial charge on any atom is 0.417 e. The van der Waals surface area contributed by atoms with Crippen LogP contribution in [-0.4, -0.2) is 30.6 Å². The summed E-state index contributed by atoms with van der Waals surface area (Å²) in [5.74, 6) is -0.901. The van der Waals surface area contributed by atoms with Crippen molar-refractivity contribution in [3.05, 3.63) is 102 Å². The van der Waals surface area contributed by atoms with E-state index in [0.29, 0.717) is 17.2 Å². The molecule has 3 aromatic carbocycles. The molecule has 0 radical (unpaired) electrons. The molecule has 0 spiro atoms. The first-order valence-corrected chi connectivity index (χ1v) is 12.4. The van der Waals surface area contributed by atoms with Crippen LogP contribution in [0.5, 0.6) is 0 Å². The fraction of sp³-hybridized carbons (Fsp3) is 0.160. The summed E-state index contributed by atoms with van der Waals surface area (Å²) < 4.78 is 78.3. The predicted molar refractivity (Wildman–Crippen MR) is 125 cm³/mol. The minimum Gasteiger partial charge on any atom is -0.446 e. The number of nitrogens with zero attached hydrogens (tertiary/aromatic N) is 2. The number of rotatable bonds is 8. The van der Waals surface area contributed by atoms with Crippen molar-refractivity contribution < 1.29 is 35.6 Å². The smallest absolute Gasteiger partial charge is 0.417 e. The number of hydrogen-bond acceptors (Lipinski definition) is 7. The Balaban J connectivity index is 1.58. The molecule has 1 heterocycles. The summed E-state index contributed by atoms with van der Waals surface area (Å²) in [5, 5.41) is 3.92. The lowest BCUT2D eigenvalue weighted by Gasteiger charge is -2.19. The highest BCUT2D eigenvalue weighted by Crippen LogP contribution is 2.34. The number of halogens is 3. The maximum absolute atomic E-state index is 13.3. The number of carbonyl (C=O) groups is 1. The number of alkyl halides is 3. The van der Waals surface area contributed by atoms with Crippen molar-refractivity contribution in [2.45, 2.75) is 30.1 Å². The molecule has 1 N–H and O–H groups in total. The Kier molecular flexibility index (Phi) is 7.41. The van der Waals surface area contributed by atoms with E-state index in [1.54, 1.807) is 54.6 Å². The molecule has 37 heavy (non-hydrogen) atoms. The van der Waals surface area contributed by atoms with Crippen LogP contribution in [0, 0.1) is 0 Å². The molecule has 192 valence electrons. The van der Waals surface area contributed by atoms with Crippen molar-refractivity contribution in [1.82, 2.24) is 14.9 Å². The Bertz CT molecular complexity index is 1480. The number of hydrogen-bond donors (Lipinski definition) is 1. The fourth-order valence-electron chi connectivity index (χ4n) is 3.43. The van der Waals surface area contributed by atoms with E-state index in [9.17, 15) is 26.4 Å². The molecule has 8 nitrogen and oxygen atoms in total. The van der Waals surface area contributed by atoms with E-state index in [0.717, 1.165) is 25.1 Å². The van der Waals surface area contributed by atoms with Gasteiger partial charge in [-0.25, -0.2) is 8.42 Å². The Labute approximate surface area is 210 Å². The van der Waals surface area contributed by atoms with Crippen molar-refractivity contribution in [1.29, 1.82) is 0 Å². The van der Waals surface area contributed by atoms with Gasteiger partial charge in [0.2, 0.25) is 22.0 Å². The molecule has 1 aromatic heterocycles. The standard InChI is InChI=1S/C25H20F3N3O5S/c1-16(31-37(33,34)20-15-9-8-14-19(20)25(26,27)28)24(32)35-21(17-10-4-2-5-11-17)23-29-22(30-36-23)18-12-6-3-7-13-18/h2-16,21,31H,1H3. The van der Waals surface area contributed by atoms with Crippen LogP contribution in [0.2, 0.25) is 0 Å². The van der Waals surface area contributed by atoms with Crippen molar-refractivity contribution in [3.8, 4) is 11.4 Å². The van der Waals surface area contributed by atoms with Crippen LogP contribution < -0.4 is 4.72 Å². The van der Waals surface area contributed by atoms with Crippen molar-refractivity contribution in [2.24, 2.45) is 0 Å². The average molecular weight is 532 g/mol. The average Bonchev–Trinajstić information content (AvgIpc) is 3.37. The zero-order valence-corrected chi connectivity index (χ0v) is 20.0. The lowest BCUT2D eigenvalue weighted by Crippen LogP contribution is -2.40. The third kappa shape index (κ3) is 6.04. The second-order valence-electron chi connectivity index (χ2n) is 7.89. The summed E-state index contributed by atoms with van der Waals surface area (Å²) >= 11 is 0. The molecule has 0 aliphatic heterocycles. The van der Waals surface area contributed by atoms with E-state index >= 15 is 0 Å². The third-order valence-corrected chi connectivity index (χ3v) is 6.80. The first-order chi connectivity index (χ1) is 17.6. The van der Waals surface area contributed by atoms with Gasteiger partial charge in [0.15, 0.2) is 0 Å². The van der Waals surface area contributed by atoms with E-state index in [-0.39, 0.29) is 11.7 Å². The molecular weight excluding hydrogens is 511 g/mol. The SMILES string of the molecule is CC(NS(=O)(=O)c1ccccc1C(F)(F)F)C(=O)OC(c1ccccc1)c1nc(-c2ccccc2)no1. The molecule has 0 fully saturated rings. The van der Waals surface area contributed by atoms with Crippen molar-refractivity contribution in [2.75, 3.05) is 0 Å². The van der Waals surface area contributed by atoms with E-state index in [1.807, 2.05) is 10.8 Å². The number of nitrogens with one attached hydrogen (secondary N) is 1. The van der Waals surface area contributed by atoms with E-state index in [1.165, 1.54) is 0 Å². The first kappa shape index (κ1) is 26.0. The maximum atomic E-state index is 13.3. The van der Waals surface area contributed by atoms with E-state index in [4.69, 9.17) is 9.26 Å². The third-order valence-electron chi connectivity index (χ3n) is 5.20. The zero-order valence-electron chi connectivity index (χ0n) is 19.2. The van der Waals surface area contributed by atoms with Crippen LogP contribution in [0.1, 0.15) is 30.0 Å². The van der Waals surface area contributed by atoms with Gasteiger partial charge in [-0.15, -0.1) is 0 Å². The molecule has 0 saturated carbocycles. The summed E-state index contributed by atoms with van der Waals surface area (Å²) in [4.78, 5) is 16.2. The molecular formula is C25H20F3N3O5S. The molecule has 2 unspecified atom stereocenters. The quantitative estimate of drug-likeness (QED) is 0.327. The highest BCUT2D eigenvalue weighted by atomic mass is 32.2. The second kappa shape index (κ2) is 10.5. The van der Waals surface area contributed by atoms with E-state index < -0.39 is 44.8 Å². The number of ether oxygens (including phenoxy) is 1. The van der Waals surface area contributed by atoms with Gasteiger partial charge in [-0.3, -0.25) is 4.79 Å². The lowest BCUT2D eigenvalue weighted by atomic mass is 10.1. The molecule has 0 saturated heterocycles. The fourth-order valence-corrected chi connectivity index (χ4v) is 4.85. The van der Waals surface area contributed by atoms with Gasteiger partial charge < -0.3 is 9.26 Å². The minimum absolute atomic E-state index is 0.0733. The molecule has 0 aliphatic rings. The van der Waals surface area contributed by atoms with Gasteiger partial charge >= 0.3 is 12.1 Å². The number of aromatic nitrogens is 2. The molecule has 12 heteroatoms. The second-order valence-corrected chi connectivity index (χ2v) is 9.57. The van der Waals surface area contributed by atoms with Gasteiger partial charge in [-0.1, -0.05) is 78.0 Å². The number of esters is 1. The topological polar surface area (TPSA) is 111 Å². The number of benzene rings is 3. The molecule has 0 amide bonds. The molecule has 2 atom stereocenters. The van der Waals surface area contributed by atoms with Crippen LogP contribution in [0.25, 0.3) is 11.4 Å². The van der Waals surface area contributed by atoms with Crippen molar-refractivity contribution >= 4 is 16.0 Å². The Morgan fingerprint density at radius 1 is 0.946 bits per heavy atom. The Morgan fingerprint density at radius 3 is 2.19 bits per heavy atom. The van der Waals surface area contributed by atoms with Crippen LogP contribution in [0.15, 0.2) is 94.3 Å². The highest BCUT2D eigenvalue weighted by Gasteiger charge is 2.38. The summed E-state index contributed by atoms with van der Waals surface area (Å²) in [7, 11) is -4.74. The first-order valence-electron chi connectivity index (χ1n) is 10.9. The van der Waals surface area contributed by atoms with Crippen LogP contribution in [0.4, 0.5) is 13.2 Å². The predicted octanol–water partition coefficient (Wildman–Crippen LogP) is 4.76. The minimum atomic E-state index is -4.91. The van der Waals surface area contributed by atoms with Gasteiger partial charge in [-0.2, -0.15) is 22.9 Å². The highest BCUT2D eigenvalue weighted by molar-refractivity contribution is 7.89. The van der Waals surface area contributed by atoms with Crippen molar-refractivity contribution in [3.63, 3.8) is 0 Å². The Morgan fingerprint density at radius 2 is 1.54 bits per heavy atom. The van der Waals surface area contributed by atoms with Gasteiger partial charge in [-0.05, 0) is 19.1 Å². The Hall–Kier alpha value is -4.03. The molecule has 0 bridgehead atoms. The monoisotopic (exact) mass is 531 g/mol. The largest absolute Gasteiger partial charge is 0.446 e. The molecule has 4 rings (SSSR count). The number of carbonyl (C=O) groups excluding carboxylic acids is 1. The lowest BCUT2D eigenvalue weighted by molar-refractivity contribution is -0.150. The summed E-state index contributed by atoms with van der Waals surface area (Å²) in [6.07, 6.45) is -6.12. The summed E-state index contributed by atoms with van der Waals surface area (Å²) in [6, 6.07) is 19.4. The van der Waals surface area contributed by atoms with Crippen LogP contribution in [0.3, 0.4) is 0 Å². The summed E-state index contributed by atoms with van der Waals surface area (Å²) in [6.45, 7) is 1.15. The molecule has 4 aromatic rings. The summed E-state index contributed by atoms with van der Waals surface area (Å²) in [5.41, 5.74) is -0.249. The molecule has 0 aliphatic carbocycles. The van der Waals surface area contributed by atoms with Gasteiger partial charge in [0.1, 0.15) is 6.04 Å². The van der Waals surface area contributed by atoms with Gasteiger partial charge in [0.05, 0.1) is 10.5 Å².